The van der Waals surface area contributed by atoms with Gasteiger partial charge in [-0.1, -0.05) is 30.3 Å². The number of amides is 1. The lowest BCUT2D eigenvalue weighted by Crippen LogP contribution is -2.30. The van der Waals surface area contributed by atoms with Gasteiger partial charge in [0.1, 0.15) is 5.75 Å². The van der Waals surface area contributed by atoms with Gasteiger partial charge in [0.2, 0.25) is 0 Å². The van der Waals surface area contributed by atoms with E-state index in [-0.39, 0.29) is 6.42 Å². The third-order valence-corrected chi connectivity index (χ3v) is 4.40. The Balaban J connectivity index is 1.53. The van der Waals surface area contributed by atoms with Gasteiger partial charge in [-0.2, -0.15) is 0 Å². The number of ether oxygens (including phenoxy) is 2. The fourth-order valence-electron chi connectivity index (χ4n) is 2.97. The van der Waals surface area contributed by atoms with E-state index in [0.29, 0.717) is 24.5 Å². The minimum atomic E-state index is -0.898. The van der Waals surface area contributed by atoms with Gasteiger partial charge in [-0.3, -0.25) is 9.59 Å². The third-order valence-electron chi connectivity index (χ3n) is 4.40. The summed E-state index contributed by atoms with van der Waals surface area (Å²) < 4.78 is 10.8. The van der Waals surface area contributed by atoms with Crippen LogP contribution in [0.25, 0.3) is 10.9 Å². The molecule has 1 heterocycles. The smallest absolute Gasteiger partial charge is 0.306 e. The van der Waals surface area contributed by atoms with E-state index in [0.717, 1.165) is 16.5 Å². The Bertz CT molecular complexity index is 964. The van der Waals surface area contributed by atoms with Crippen LogP contribution >= 0.6 is 0 Å². The van der Waals surface area contributed by atoms with Crippen LogP contribution < -0.4 is 10.1 Å². The van der Waals surface area contributed by atoms with Gasteiger partial charge in [0, 0.05) is 23.5 Å². The SMILES string of the molecule is CCOc1ccccc1NC(=O)C(C)OC(=O)CCc1c[nH]c2ccccc12. The lowest BCUT2D eigenvalue weighted by molar-refractivity contribution is -0.153. The molecule has 6 heteroatoms. The molecule has 28 heavy (non-hydrogen) atoms. The third kappa shape index (κ3) is 4.71. The van der Waals surface area contributed by atoms with Gasteiger partial charge in [-0.25, -0.2) is 0 Å². The number of esters is 1. The summed E-state index contributed by atoms with van der Waals surface area (Å²) in [6, 6.07) is 15.1. The molecule has 1 unspecified atom stereocenters. The second kappa shape index (κ2) is 9.08. The van der Waals surface area contributed by atoms with E-state index in [1.807, 2.05) is 43.5 Å². The number of hydrogen-bond donors (Lipinski definition) is 2. The molecule has 0 spiro atoms. The Morgan fingerprint density at radius 1 is 1.11 bits per heavy atom. The van der Waals surface area contributed by atoms with Crippen LogP contribution in [-0.2, 0) is 20.7 Å². The van der Waals surface area contributed by atoms with Crippen molar-refractivity contribution in [3.63, 3.8) is 0 Å². The van der Waals surface area contributed by atoms with E-state index in [2.05, 4.69) is 10.3 Å². The monoisotopic (exact) mass is 380 g/mol. The summed E-state index contributed by atoms with van der Waals surface area (Å²) >= 11 is 0. The number of benzene rings is 2. The lowest BCUT2D eigenvalue weighted by Gasteiger charge is -2.15. The van der Waals surface area contributed by atoms with E-state index in [9.17, 15) is 9.59 Å². The molecule has 0 radical (unpaired) electrons. The number of aromatic nitrogens is 1. The maximum Gasteiger partial charge on any atom is 0.306 e. The molecule has 0 aliphatic rings. The molecule has 6 nitrogen and oxygen atoms in total. The highest BCUT2D eigenvalue weighted by Crippen LogP contribution is 2.24. The first-order valence-corrected chi connectivity index (χ1v) is 9.35. The molecule has 3 rings (SSSR count). The molecule has 0 aliphatic carbocycles. The minimum absolute atomic E-state index is 0.203. The number of anilines is 1. The fraction of sp³-hybridized carbons (Fsp3) is 0.273. The van der Waals surface area contributed by atoms with Crippen LogP contribution in [0.1, 0.15) is 25.8 Å². The van der Waals surface area contributed by atoms with Crippen molar-refractivity contribution in [2.45, 2.75) is 32.8 Å². The number of aromatic amines is 1. The molecule has 146 valence electrons. The van der Waals surface area contributed by atoms with Crippen molar-refractivity contribution in [1.29, 1.82) is 0 Å². The maximum atomic E-state index is 12.4. The molecule has 1 aromatic heterocycles. The molecule has 0 bridgehead atoms. The maximum absolute atomic E-state index is 12.4. The molecule has 2 aromatic carbocycles. The second-order valence-corrected chi connectivity index (χ2v) is 6.41. The highest BCUT2D eigenvalue weighted by molar-refractivity contribution is 5.96. The molecule has 0 saturated heterocycles. The summed E-state index contributed by atoms with van der Waals surface area (Å²) in [6.45, 7) is 3.92. The number of rotatable bonds is 8. The predicted molar refractivity (Wildman–Crippen MR) is 108 cm³/mol. The summed E-state index contributed by atoms with van der Waals surface area (Å²) in [5.41, 5.74) is 2.64. The average molecular weight is 380 g/mol. The van der Waals surface area contributed by atoms with Crippen molar-refractivity contribution in [2.24, 2.45) is 0 Å². The molecule has 1 atom stereocenters. The number of carbonyl (C=O) groups is 2. The van der Waals surface area contributed by atoms with Crippen molar-refractivity contribution in [3.8, 4) is 5.75 Å². The first-order valence-electron chi connectivity index (χ1n) is 9.35. The van der Waals surface area contributed by atoms with Crippen molar-refractivity contribution >= 4 is 28.5 Å². The number of H-pyrrole nitrogens is 1. The van der Waals surface area contributed by atoms with Gasteiger partial charge in [0.15, 0.2) is 6.10 Å². The zero-order chi connectivity index (χ0) is 19.9. The van der Waals surface area contributed by atoms with Crippen LogP contribution in [-0.4, -0.2) is 29.6 Å². The normalized spacial score (nSPS) is 11.8. The molecule has 2 N–H and O–H groups in total. The standard InChI is InChI=1S/C22H24N2O4/c1-3-27-20-11-7-6-10-19(20)24-22(26)15(2)28-21(25)13-12-16-14-23-18-9-5-4-8-17(16)18/h4-11,14-15,23H,3,12-13H2,1-2H3,(H,24,26). The van der Waals surface area contributed by atoms with Crippen LogP contribution in [0.3, 0.4) is 0 Å². The van der Waals surface area contributed by atoms with Crippen molar-refractivity contribution in [1.82, 2.24) is 4.98 Å². The Kier molecular flexibility index (Phi) is 6.32. The zero-order valence-corrected chi connectivity index (χ0v) is 16.0. The van der Waals surface area contributed by atoms with Gasteiger partial charge in [-0.05, 0) is 44.0 Å². The van der Waals surface area contributed by atoms with Crippen molar-refractivity contribution in [2.75, 3.05) is 11.9 Å². The molecule has 3 aromatic rings. The molecular formula is C22H24N2O4. The Hall–Kier alpha value is -3.28. The Labute approximate surface area is 163 Å². The average Bonchev–Trinajstić information content (AvgIpc) is 3.11. The number of carbonyl (C=O) groups excluding carboxylic acids is 2. The Morgan fingerprint density at radius 2 is 1.86 bits per heavy atom. The molecule has 1 amide bonds. The topological polar surface area (TPSA) is 80.4 Å². The summed E-state index contributed by atoms with van der Waals surface area (Å²) in [6.07, 6.45) is 1.75. The van der Waals surface area contributed by atoms with Crippen LogP contribution in [0.5, 0.6) is 5.75 Å². The van der Waals surface area contributed by atoms with Crippen LogP contribution in [0.15, 0.2) is 54.7 Å². The van der Waals surface area contributed by atoms with E-state index in [1.54, 1.807) is 25.1 Å². The van der Waals surface area contributed by atoms with Gasteiger partial charge >= 0.3 is 5.97 Å². The largest absolute Gasteiger partial charge is 0.492 e. The van der Waals surface area contributed by atoms with E-state index < -0.39 is 18.0 Å². The summed E-state index contributed by atoms with van der Waals surface area (Å²) in [5, 5.41) is 3.84. The first-order chi connectivity index (χ1) is 13.6. The van der Waals surface area contributed by atoms with Gasteiger partial charge < -0.3 is 19.8 Å². The van der Waals surface area contributed by atoms with Crippen LogP contribution in [0, 0.1) is 0 Å². The van der Waals surface area contributed by atoms with Crippen molar-refractivity contribution < 1.29 is 19.1 Å². The number of para-hydroxylation sites is 3. The number of aryl methyl sites for hydroxylation is 1. The van der Waals surface area contributed by atoms with Crippen LogP contribution in [0.4, 0.5) is 5.69 Å². The summed E-state index contributed by atoms with van der Waals surface area (Å²) in [7, 11) is 0. The molecule has 0 aliphatic heterocycles. The molecule has 0 fully saturated rings. The first kappa shape index (κ1) is 19.5. The Morgan fingerprint density at radius 3 is 2.68 bits per heavy atom. The van der Waals surface area contributed by atoms with E-state index in [4.69, 9.17) is 9.47 Å². The van der Waals surface area contributed by atoms with Crippen molar-refractivity contribution in [3.05, 3.63) is 60.3 Å². The van der Waals surface area contributed by atoms with Crippen LogP contribution in [0.2, 0.25) is 0 Å². The zero-order valence-electron chi connectivity index (χ0n) is 16.0. The second-order valence-electron chi connectivity index (χ2n) is 6.41. The minimum Gasteiger partial charge on any atom is -0.492 e. The number of fused-ring (bicyclic) bond motifs is 1. The van der Waals surface area contributed by atoms with E-state index >= 15 is 0 Å². The quantitative estimate of drug-likeness (QED) is 0.577. The highest BCUT2D eigenvalue weighted by atomic mass is 16.5. The number of nitrogens with one attached hydrogen (secondary N) is 2. The lowest BCUT2D eigenvalue weighted by atomic mass is 10.1. The number of hydrogen-bond acceptors (Lipinski definition) is 4. The summed E-state index contributed by atoms with van der Waals surface area (Å²) in [5.74, 6) is -0.227. The van der Waals surface area contributed by atoms with Gasteiger partial charge in [0.25, 0.3) is 5.91 Å². The predicted octanol–water partition coefficient (Wildman–Crippen LogP) is 4.07. The molecule has 0 saturated carbocycles. The van der Waals surface area contributed by atoms with Gasteiger partial charge in [-0.15, -0.1) is 0 Å². The van der Waals surface area contributed by atoms with Gasteiger partial charge in [0.05, 0.1) is 12.3 Å². The fourth-order valence-corrected chi connectivity index (χ4v) is 2.97. The highest BCUT2D eigenvalue weighted by Gasteiger charge is 2.19. The van der Waals surface area contributed by atoms with E-state index in [1.165, 1.54) is 0 Å². The molecular weight excluding hydrogens is 356 g/mol. The summed E-state index contributed by atoms with van der Waals surface area (Å²) in [4.78, 5) is 27.7.